The van der Waals surface area contributed by atoms with Crippen molar-refractivity contribution in [2.24, 2.45) is 0 Å². The summed E-state index contributed by atoms with van der Waals surface area (Å²) in [5.74, 6) is -1.23. The van der Waals surface area contributed by atoms with Crippen LogP contribution < -0.4 is 0 Å². The summed E-state index contributed by atoms with van der Waals surface area (Å²) in [7, 11) is 0. The highest BCUT2D eigenvalue weighted by atomic mass is 16.6. The maximum Gasteiger partial charge on any atom is 0.345 e. The molecule has 12 heavy (non-hydrogen) atoms. The molecular formula is C9H7O3. The first kappa shape index (κ1) is 8.46. The van der Waals surface area contributed by atoms with Crippen LogP contribution in [0.3, 0.4) is 0 Å². The highest BCUT2D eigenvalue weighted by Gasteiger charge is 2.07. The first-order chi connectivity index (χ1) is 5.70. The number of benzene rings is 1. The monoisotopic (exact) mass is 163 g/mol. The molecule has 1 aromatic rings. The van der Waals surface area contributed by atoms with E-state index in [-0.39, 0.29) is 0 Å². The molecule has 0 N–H and O–H groups in total. The molecule has 0 aromatic heterocycles. The van der Waals surface area contributed by atoms with E-state index in [0.717, 1.165) is 0 Å². The molecule has 0 aliphatic carbocycles. The van der Waals surface area contributed by atoms with Gasteiger partial charge in [0.05, 0.1) is 5.56 Å². The number of ether oxygens (including phenoxy) is 1. The summed E-state index contributed by atoms with van der Waals surface area (Å²) in [6, 6.07) is 8.97. The van der Waals surface area contributed by atoms with Gasteiger partial charge in [0.15, 0.2) is 0 Å². The molecule has 0 bridgehead atoms. The minimum Gasteiger partial charge on any atom is -0.390 e. The van der Waals surface area contributed by atoms with Crippen molar-refractivity contribution < 1.29 is 14.3 Å². The van der Waals surface area contributed by atoms with Gasteiger partial charge in [-0.1, -0.05) is 12.1 Å². The zero-order chi connectivity index (χ0) is 8.97. The molecule has 3 heteroatoms. The number of hydrogen-bond acceptors (Lipinski definition) is 3. The van der Waals surface area contributed by atoms with Gasteiger partial charge < -0.3 is 4.74 Å². The van der Waals surface area contributed by atoms with Crippen molar-refractivity contribution in [3.63, 3.8) is 0 Å². The van der Waals surface area contributed by atoms with Crippen LogP contribution in [0.2, 0.25) is 0 Å². The molecule has 0 fully saturated rings. The maximum absolute atomic E-state index is 11.0. The lowest BCUT2D eigenvalue weighted by Crippen LogP contribution is -2.08. The van der Waals surface area contributed by atoms with E-state index in [1.807, 2.05) is 0 Å². The summed E-state index contributed by atoms with van der Waals surface area (Å²) in [6.45, 7) is 1.19. The van der Waals surface area contributed by atoms with Crippen molar-refractivity contribution in [2.75, 3.05) is 0 Å². The van der Waals surface area contributed by atoms with Crippen LogP contribution in [0.1, 0.15) is 17.3 Å². The van der Waals surface area contributed by atoms with E-state index in [0.29, 0.717) is 5.56 Å². The number of carbonyl (C=O) groups is 2. The Labute approximate surface area is 70.0 Å². The fraction of sp³-hybridized carbons (Fsp3) is 0.111. The van der Waals surface area contributed by atoms with Gasteiger partial charge in [-0.05, 0) is 18.2 Å². The van der Waals surface area contributed by atoms with Gasteiger partial charge >= 0.3 is 11.9 Å². The van der Waals surface area contributed by atoms with Gasteiger partial charge in [-0.25, -0.2) is 4.79 Å². The molecule has 0 atom stereocenters. The number of hydrogen-bond donors (Lipinski definition) is 0. The fourth-order valence-corrected chi connectivity index (χ4v) is 0.712. The van der Waals surface area contributed by atoms with Gasteiger partial charge in [0.2, 0.25) is 0 Å². The quantitative estimate of drug-likeness (QED) is 0.461. The molecule has 0 unspecified atom stereocenters. The Morgan fingerprint density at radius 1 is 1.33 bits per heavy atom. The van der Waals surface area contributed by atoms with Crippen molar-refractivity contribution in [3.05, 3.63) is 35.9 Å². The van der Waals surface area contributed by atoms with Gasteiger partial charge in [-0.2, -0.15) is 0 Å². The van der Waals surface area contributed by atoms with E-state index in [9.17, 15) is 9.59 Å². The average Bonchev–Trinajstić information content (AvgIpc) is 2.05. The average molecular weight is 163 g/mol. The Balaban J connectivity index is 2.73. The minimum absolute atomic E-state index is 0.351. The molecule has 0 saturated carbocycles. The van der Waals surface area contributed by atoms with E-state index >= 15 is 0 Å². The lowest BCUT2D eigenvalue weighted by atomic mass is 10.2. The minimum atomic E-state index is -0.628. The predicted molar refractivity (Wildman–Crippen MR) is 41.4 cm³/mol. The lowest BCUT2D eigenvalue weighted by Gasteiger charge is -1.97. The fourth-order valence-electron chi connectivity index (χ4n) is 0.712. The van der Waals surface area contributed by atoms with E-state index in [4.69, 9.17) is 0 Å². The van der Waals surface area contributed by atoms with Crippen LogP contribution in [0, 0.1) is 6.07 Å². The van der Waals surface area contributed by atoms with Crippen LogP contribution in [-0.4, -0.2) is 11.9 Å². The molecule has 0 amide bonds. The number of esters is 2. The first-order valence-electron chi connectivity index (χ1n) is 3.39. The van der Waals surface area contributed by atoms with Crippen molar-refractivity contribution in [1.29, 1.82) is 0 Å². The second kappa shape index (κ2) is 3.67. The topological polar surface area (TPSA) is 43.4 Å². The number of carbonyl (C=O) groups excluding carboxylic acids is 2. The third kappa shape index (κ3) is 2.20. The molecule has 0 spiro atoms. The second-order valence-corrected chi connectivity index (χ2v) is 2.17. The zero-order valence-corrected chi connectivity index (χ0v) is 6.53. The molecule has 3 nitrogen and oxygen atoms in total. The van der Waals surface area contributed by atoms with Gasteiger partial charge in [0.25, 0.3) is 0 Å². The predicted octanol–water partition coefficient (Wildman–Crippen LogP) is 1.19. The van der Waals surface area contributed by atoms with Crippen molar-refractivity contribution in [2.45, 2.75) is 6.92 Å². The second-order valence-electron chi connectivity index (χ2n) is 2.17. The van der Waals surface area contributed by atoms with Gasteiger partial charge in [0.1, 0.15) is 0 Å². The summed E-state index contributed by atoms with van der Waals surface area (Å²) in [5, 5.41) is 0. The van der Waals surface area contributed by atoms with Gasteiger partial charge in [-0.3, -0.25) is 4.79 Å². The summed E-state index contributed by atoms with van der Waals surface area (Å²) < 4.78 is 4.34. The molecular weight excluding hydrogens is 156 g/mol. The van der Waals surface area contributed by atoms with Crippen LogP contribution in [0.25, 0.3) is 0 Å². The Morgan fingerprint density at radius 3 is 2.42 bits per heavy atom. The van der Waals surface area contributed by atoms with Crippen LogP contribution in [-0.2, 0) is 9.53 Å². The Hall–Kier alpha value is -1.64. The molecule has 1 radical (unpaired) electrons. The SMILES string of the molecule is CC(=O)OC(=O)c1cc[c]cc1. The Morgan fingerprint density at radius 2 is 1.92 bits per heavy atom. The van der Waals surface area contributed by atoms with Crippen molar-refractivity contribution >= 4 is 11.9 Å². The van der Waals surface area contributed by atoms with E-state index < -0.39 is 11.9 Å². The van der Waals surface area contributed by atoms with Crippen LogP contribution in [0.4, 0.5) is 0 Å². The van der Waals surface area contributed by atoms with E-state index in [1.165, 1.54) is 19.1 Å². The van der Waals surface area contributed by atoms with Crippen LogP contribution in [0.15, 0.2) is 24.3 Å². The van der Waals surface area contributed by atoms with Crippen LogP contribution >= 0.6 is 0 Å². The molecule has 61 valence electrons. The van der Waals surface area contributed by atoms with Gasteiger partial charge in [0, 0.05) is 6.92 Å². The molecule has 0 aliphatic heterocycles. The summed E-state index contributed by atoms with van der Waals surface area (Å²) in [4.78, 5) is 21.4. The molecule has 1 rings (SSSR count). The smallest absolute Gasteiger partial charge is 0.345 e. The van der Waals surface area contributed by atoms with Gasteiger partial charge in [-0.15, -0.1) is 0 Å². The lowest BCUT2D eigenvalue weighted by molar-refractivity contribution is -0.135. The summed E-state index contributed by atoms with van der Waals surface area (Å²) in [6.07, 6.45) is 0. The third-order valence-electron chi connectivity index (χ3n) is 1.19. The standard InChI is InChI=1S/C9H7O3/c1-7(10)12-9(11)8-5-3-2-4-6-8/h3-6H,1H3. The zero-order valence-electron chi connectivity index (χ0n) is 6.53. The van der Waals surface area contributed by atoms with Crippen molar-refractivity contribution in [3.8, 4) is 0 Å². The molecule has 0 saturated heterocycles. The molecule has 0 aliphatic rings. The highest BCUT2D eigenvalue weighted by Crippen LogP contribution is 2.00. The maximum atomic E-state index is 11.0. The Kier molecular flexibility index (Phi) is 2.58. The third-order valence-corrected chi connectivity index (χ3v) is 1.19. The molecule has 1 aromatic carbocycles. The first-order valence-corrected chi connectivity index (χ1v) is 3.39. The highest BCUT2D eigenvalue weighted by molar-refractivity contribution is 5.96. The largest absolute Gasteiger partial charge is 0.390 e. The van der Waals surface area contributed by atoms with E-state index in [1.54, 1.807) is 12.1 Å². The van der Waals surface area contributed by atoms with E-state index in [2.05, 4.69) is 10.8 Å². The normalized spacial score (nSPS) is 9.08. The summed E-state index contributed by atoms with van der Waals surface area (Å²) in [5.41, 5.74) is 0.351. The van der Waals surface area contributed by atoms with Crippen LogP contribution in [0.5, 0.6) is 0 Å². The molecule has 0 heterocycles. The number of rotatable bonds is 1. The summed E-state index contributed by atoms with van der Waals surface area (Å²) >= 11 is 0. The van der Waals surface area contributed by atoms with Crippen molar-refractivity contribution in [1.82, 2.24) is 0 Å². The Bertz CT molecular complexity index is 290.